The highest BCUT2D eigenvalue weighted by atomic mass is 79.9. The number of hydrogen-bond acceptors (Lipinski definition) is 3. The number of piperidine rings is 1. The lowest BCUT2D eigenvalue weighted by Gasteiger charge is -2.34. The third kappa shape index (κ3) is 4.70. The largest absolute Gasteiger partial charge is 0.378 e. The van der Waals surface area contributed by atoms with E-state index in [1.165, 1.54) is 17.7 Å². The average Bonchev–Trinajstić information content (AvgIpc) is 3.28. The predicted octanol–water partition coefficient (Wildman–Crippen LogP) is 3.48. The molecule has 0 spiro atoms. The van der Waals surface area contributed by atoms with Crippen LogP contribution in [0.4, 0.5) is 0 Å². The van der Waals surface area contributed by atoms with Gasteiger partial charge in [-0.3, -0.25) is 4.99 Å². The van der Waals surface area contributed by atoms with Crippen molar-refractivity contribution >= 4 is 33.2 Å². The molecule has 2 heterocycles. The topological polar surface area (TPSA) is 36.9 Å². The molecule has 4 nitrogen and oxygen atoms in total. The molecule has 0 unspecified atom stereocenters. The van der Waals surface area contributed by atoms with Gasteiger partial charge in [0.05, 0.1) is 12.6 Å². The first-order valence-corrected chi connectivity index (χ1v) is 9.72. The molecule has 1 aromatic heterocycles. The van der Waals surface area contributed by atoms with Gasteiger partial charge in [0.15, 0.2) is 5.96 Å². The molecular formula is C16H24BrN3OS. The molecule has 0 amide bonds. The monoisotopic (exact) mass is 385 g/mol. The number of guanidine groups is 1. The third-order valence-electron chi connectivity index (χ3n) is 4.26. The number of likely N-dealkylation sites (tertiary alicyclic amines) is 1. The summed E-state index contributed by atoms with van der Waals surface area (Å²) in [6, 6.07) is 2.16. The normalized spacial score (nSPS) is 20.5. The highest BCUT2D eigenvalue weighted by Gasteiger charge is 2.26. The van der Waals surface area contributed by atoms with E-state index in [0.29, 0.717) is 6.10 Å². The minimum atomic E-state index is 0.447. The number of thiophene rings is 1. The van der Waals surface area contributed by atoms with Crippen molar-refractivity contribution in [1.29, 1.82) is 0 Å². The summed E-state index contributed by atoms with van der Waals surface area (Å²) >= 11 is 5.26. The van der Waals surface area contributed by atoms with Crippen molar-refractivity contribution in [3.63, 3.8) is 0 Å². The lowest BCUT2D eigenvalue weighted by molar-refractivity contribution is 0.0131. The van der Waals surface area contributed by atoms with E-state index in [-0.39, 0.29) is 0 Å². The SMILES string of the molecule is CN=C(NCc1cc(Br)cs1)N1CCC(OCC2CC2)CC1. The van der Waals surface area contributed by atoms with Gasteiger partial charge in [-0.2, -0.15) is 0 Å². The molecule has 1 aromatic rings. The van der Waals surface area contributed by atoms with Gasteiger partial charge in [0.1, 0.15) is 0 Å². The minimum Gasteiger partial charge on any atom is -0.378 e. The maximum absolute atomic E-state index is 6.01. The van der Waals surface area contributed by atoms with Crippen molar-refractivity contribution in [2.45, 2.75) is 38.3 Å². The van der Waals surface area contributed by atoms with Gasteiger partial charge in [-0.15, -0.1) is 11.3 Å². The maximum atomic E-state index is 6.01. The van der Waals surface area contributed by atoms with Crippen molar-refractivity contribution in [3.05, 3.63) is 20.8 Å². The van der Waals surface area contributed by atoms with Crippen molar-refractivity contribution in [2.75, 3.05) is 26.7 Å². The van der Waals surface area contributed by atoms with E-state index in [1.807, 2.05) is 7.05 Å². The molecule has 2 aliphatic rings. The molecule has 1 aliphatic carbocycles. The zero-order valence-corrected chi connectivity index (χ0v) is 15.5. The fourth-order valence-corrected chi connectivity index (χ4v) is 4.13. The fraction of sp³-hybridized carbons (Fsp3) is 0.688. The van der Waals surface area contributed by atoms with Gasteiger partial charge in [0.25, 0.3) is 0 Å². The summed E-state index contributed by atoms with van der Waals surface area (Å²) in [5.74, 6) is 1.86. The number of aliphatic imine (C=N–C) groups is 1. The Morgan fingerprint density at radius 2 is 2.18 bits per heavy atom. The van der Waals surface area contributed by atoms with Crippen LogP contribution in [-0.2, 0) is 11.3 Å². The first-order valence-electron chi connectivity index (χ1n) is 8.04. The highest BCUT2D eigenvalue weighted by Crippen LogP contribution is 2.30. The second-order valence-electron chi connectivity index (χ2n) is 6.10. The Morgan fingerprint density at radius 3 is 2.77 bits per heavy atom. The molecule has 6 heteroatoms. The van der Waals surface area contributed by atoms with E-state index in [1.54, 1.807) is 11.3 Å². The van der Waals surface area contributed by atoms with Crippen LogP contribution in [0.3, 0.4) is 0 Å². The van der Waals surface area contributed by atoms with Crippen molar-refractivity contribution in [1.82, 2.24) is 10.2 Å². The average molecular weight is 386 g/mol. The molecule has 0 aromatic carbocycles. The Kier molecular flexibility index (Phi) is 5.77. The molecule has 2 fully saturated rings. The Morgan fingerprint density at radius 1 is 1.41 bits per heavy atom. The molecule has 3 rings (SSSR count). The van der Waals surface area contributed by atoms with Crippen LogP contribution < -0.4 is 5.32 Å². The van der Waals surface area contributed by atoms with E-state index in [0.717, 1.165) is 55.4 Å². The second kappa shape index (κ2) is 7.79. The number of hydrogen-bond donors (Lipinski definition) is 1. The fourth-order valence-electron chi connectivity index (χ4n) is 2.74. The van der Waals surface area contributed by atoms with E-state index >= 15 is 0 Å². The lowest BCUT2D eigenvalue weighted by atomic mass is 10.1. The van der Waals surface area contributed by atoms with E-state index < -0.39 is 0 Å². The van der Waals surface area contributed by atoms with Crippen LogP contribution in [-0.4, -0.2) is 43.7 Å². The molecule has 1 N–H and O–H groups in total. The highest BCUT2D eigenvalue weighted by molar-refractivity contribution is 9.10. The number of halogens is 1. The standard InChI is InChI=1S/C16H24BrN3OS/c1-18-16(19-9-15-8-13(17)11-22-15)20-6-4-14(5-7-20)21-10-12-2-3-12/h8,11-12,14H,2-7,9-10H2,1H3,(H,18,19). The molecule has 22 heavy (non-hydrogen) atoms. The number of nitrogens with one attached hydrogen (secondary N) is 1. The van der Waals surface area contributed by atoms with E-state index in [2.05, 4.69) is 42.6 Å². The van der Waals surface area contributed by atoms with Crippen LogP contribution in [0.25, 0.3) is 0 Å². The second-order valence-corrected chi connectivity index (χ2v) is 8.01. The van der Waals surface area contributed by atoms with Crippen molar-refractivity contribution in [2.24, 2.45) is 10.9 Å². The van der Waals surface area contributed by atoms with Crippen LogP contribution >= 0.6 is 27.3 Å². The van der Waals surface area contributed by atoms with Crippen LogP contribution in [0.15, 0.2) is 20.9 Å². The summed E-state index contributed by atoms with van der Waals surface area (Å²) in [5.41, 5.74) is 0. The Balaban J connectivity index is 1.41. The Labute approximate surface area is 145 Å². The quantitative estimate of drug-likeness (QED) is 0.622. The molecule has 1 saturated carbocycles. The number of rotatable bonds is 5. The van der Waals surface area contributed by atoms with Crippen LogP contribution in [0.1, 0.15) is 30.6 Å². The molecule has 122 valence electrons. The zero-order valence-electron chi connectivity index (χ0n) is 13.1. The van der Waals surface area contributed by atoms with E-state index in [9.17, 15) is 0 Å². The van der Waals surface area contributed by atoms with Gasteiger partial charge in [0, 0.05) is 41.5 Å². The smallest absolute Gasteiger partial charge is 0.193 e. The third-order valence-corrected chi connectivity index (χ3v) is 5.96. The van der Waals surface area contributed by atoms with Crippen LogP contribution in [0.5, 0.6) is 0 Å². The van der Waals surface area contributed by atoms with Gasteiger partial charge < -0.3 is 15.0 Å². The molecule has 0 atom stereocenters. The number of ether oxygens (including phenoxy) is 1. The van der Waals surface area contributed by atoms with Gasteiger partial charge >= 0.3 is 0 Å². The Hall–Kier alpha value is -0.590. The van der Waals surface area contributed by atoms with E-state index in [4.69, 9.17) is 4.74 Å². The van der Waals surface area contributed by atoms with Gasteiger partial charge in [-0.25, -0.2) is 0 Å². The summed E-state index contributed by atoms with van der Waals surface area (Å²) in [5, 5.41) is 5.58. The van der Waals surface area contributed by atoms with Crippen molar-refractivity contribution < 1.29 is 4.74 Å². The lowest BCUT2D eigenvalue weighted by Crippen LogP contribution is -2.46. The first-order chi connectivity index (χ1) is 10.7. The Bertz CT molecular complexity index is 507. The summed E-state index contributed by atoms with van der Waals surface area (Å²) in [6.07, 6.45) is 5.40. The van der Waals surface area contributed by atoms with Crippen molar-refractivity contribution in [3.8, 4) is 0 Å². The van der Waals surface area contributed by atoms with Crippen LogP contribution in [0.2, 0.25) is 0 Å². The first kappa shape index (κ1) is 16.3. The molecular weight excluding hydrogens is 362 g/mol. The van der Waals surface area contributed by atoms with Gasteiger partial charge in [-0.05, 0) is 53.6 Å². The molecule has 1 aliphatic heterocycles. The van der Waals surface area contributed by atoms with Gasteiger partial charge in [0.2, 0.25) is 0 Å². The minimum absolute atomic E-state index is 0.447. The summed E-state index contributed by atoms with van der Waals surface area (Å²) < 4.78 is 7.16. The summed E-state index contributed by atoms with van der Waals surface area (Å²) in [6.45, 7) is 3.87. The molecule has 1 saturated heterocycles. The maximum Gasteiger partial charge on any atom is 0.193 e. The number of nitrogens with zero attached hydrogens (tertiary/aromatic N) is 2. The molecule has 0 bridgehead atoms. The van der Waals surface area contributed by atoms with Crippen LogP contribution in [0, 0.1) is 5.92 Å². The molecule has 0 radical (unpaired) electrons. The summed E-state index contributed by atoms with van der Waals surface area (Å²) in [7, 11) is 1.86. The summed E-state index contributed by atoms with van der Waals surface area (Å²) in [4.78, 5) is 8.09. The predicted molar refractivity (Wildman–Crippen MR) is 95.5 cm³/mol. The van der Waals surface area contributed by atoms with Gasteiger partial charge in [-0.1, -0.05) is 0 Å². The zero-order chi connectivity index (χ0) is 15.4.